The number of hydrogen-bond donors (Lipinski definition) is 1. The van der Waals surface area contributed by atoms with Crippen molar-refractivity contribution in [1.29, 1.82) is 0 Å². The molecule has 0 aliphatic carbocycles. The Labute approximate surface area is 99.9 Å². The summed E-state index contributed by atoms with van der Waals surface area (Å²) in [5.74, 6) is 0. The van der Waals surface area contributed by atoms with Crippen LogP contribution in [0.2, 0.25) is 0 Å². The van der Waals surface area contributed by atoms with E-state index in [1.807, 2.05) is 13.3 Å². The zero-order valence-electron chi connectivity index (χ0n) is 9.47. The standard InChI is InChI=1S/C12H17N3S/c1-10(13)6-12-7-15(9-14-12)4-2-11-3-5-16-8-11/h3,5,7-10H,2,4,6,13H2,1H3. The van der Waals surface area contributed by atoms with Crippen LogP contribution >= 0.6 is 11.3 Å². The van der Waals surface area contributed by atoms with Gasteiger partial charge in [-0.2, -0.15) is 11.3 Å². The number of aromatic nitrogens is 2. The maximum absolute atomic E-state index is 5.74. The SMILES string of the molecule is CC(N)Cc1cn(CCc2ccsc2)cn1. The number of thiophene rings is 1. The molecule has 0 spiro atoms. The molecular weight excluding hydrogens is 218 g/mol. The summed E-state index contributed by atoms with van der Waals surface area (Å²) in [4.78, 5) is 4.34. The number of imidazole rings is 1. The summed E-state index contributed by atoms with van der Waals surface area (Å²) < 4.78 is 2.13. The van der Waals surface area contributed by atoms with Gasteiger partial charge in [-0.3, -0.25) is 0 Å². The van der Waals surface area contributed by atoms with Gasteiger partial charge in [0.2, 0.25) is 0 Å². The molecule has 2 aromatic rings. The Morgan fingerprint density at radius 1 is 1.56 bits per heavy atom. The molecule has 1 atom stereocenters. The van der Waals surface area contributed by atoms with Gasteiger partial charge in [0.1, 0.15) is 0 Å². The van der Waals surface area contributed by atoms with Crippen LogP contribution in [0.3, 0.4) is 0 Å². The summed E-state index contributed by atoms with van der Waals surface area (Å²) >= 11 is 1.75. The van der Waals surface area contributed by atoms with E-state index < -0.39 is 0 Å². The zero-order chi connectivity index (χ0) is 11.4. The van der Waals surface area contributed by atoms with E-state index in [1.165, 1.54) is 5.56 Å². The van der Waals surface area contributed by atoms with Crippen LogP contribution in [0, 0.1) is 0 Å². The van der Waals surface area contributed by atoms with Gasteiger partial charge in [0.15, 0.2) is 0 Å². The molecule has 0 fully saturated rings. The normalized spacial score (nSPS) is 12.9. The predicted octanol–water partition coefficient (Wildman–Crippen LogP) is 2.08. The third-order valence-corrected chi connectivity index (χ3v) is 3.19. The zero-order valence-corrected chi connectivity index (χ0v) is 10.3. The Balaban J connectivity index is 1.88. The molecule has 0 radical (unpaired) electrons. The molecule has 2 aromatic heterocycles. The van der Waals surface area contributed by atoms with Gasteiger partial charge in [-0.1, -0.05) is 0 Å². The Morgan fingerprint density at radius 3 is 3.12 bits per heavy atom. The second kappa shape index (κ2) is 5.27. The smallest absolute Gasteiger partial charge is 0.0949 e. The highest BCUT2D eigenvalue weighted by Gasteiger charge is 2.02. The summed E-state index contributed by atoms with van der Waals surface area (Å²) in [6, 6.07) is 2.35. The van der Waals surface area contributed by atoms with Crippen LogP contribution in [0.1, 0.15) is 18.2 Å². The molecule has 0 aliphatic heterocycles. The maximum atomic E-state index is 5.74. The van der Waals surface area contributed by atoms with Crippen LogP contribution in [-0.4, -0.2) is 15.6 Å². The van der Waals surface area contributed by atoms with Crippen LogP contribution in [0.25, 0.3) is 0 Å². The highest BCUT2D eigenvalue weighted by molar-refractivity contribution is 7.07. The van der Waals surface area contributed by atoms with E-state index in [4.69, 9.17) is 5.73 Å². The first-order chi connectivity index (χ1) is 7.74. The molecule has 0 saturated heterocycles. The van der Waals surface area contributed by atoms with Crippen molar-refractivity contribution in [1.82, 2.24) is 9.55 Å². The highest BCUT2D eigenvalue weighted by atomic mass is 32.1. The first-order valence-electron chi connectivity index (χ1n) is 5.51. The van der Waals surface area contributed by atoms with Crippen LogP contribution in [0.15, 0.2) is 29.4 Å². The van der Waals surface area contributed by atoms with Gasteiger partial charge in [-0.15, -0.1) is 0 Å². The van der Waals surface area contributed by atoms with Crippen molar-refractivity contribution in [3.63, 3.8) is 0 Å². The Morgan fingerprint density at radius 2 is 2.44 bits per heavy atom. The minimum absolute atomic E-state index is 0.181. The van der Waals surface area contributed by atoms with Crippen molar-refractivity contribution in [3.8, 4) is 0 Å². The van der Waals surface area contributed by atoms with Crippen molar-refractivity contribution < 1.29 is 0 Å². The van der Waals surface area contributed by atoms with Crippen molar-refractivity contribution in [2.45, 2.75) is 32.4 Å². The van der Waals surface area contributed by atoms with Gasteiger partial charge in [0, 0.05) is 25.2 Å². The molecule has 16 heavy (non-hydrogen) atoms. The van der Waals surface area contributed by atoms with E-state index >= 15 is 0 Å². The van der Waals surface area contributed by atoms with Crippen LogP contribution < -0.4 is 5.73 Å². The average molecular weight is 235 g/mol. The molecule has 0 saturated carbocycles. The molecule has 3 nitrogen and oxygen atoms in total. The molecule has 0 bridgehead atoms. The van der Waals surface area contributed by atoms with Crippen molar-refractivity contribution >= 4 is 11.3 Å². The van der Waals surface area contributed by atoms with Crippen LogP contribution in [0.4, 0.5) is 0 Å². The van der Waals surface area contributed by atoms with E-state index in [9.17, 15) is 0 Å². The first-order valence-corrected chi connectivity index (χ1v) is 6.45. The summed E-state index contributed by atoms with van der Waals surface area (Å²) in [6.45, 7) is 2.99. The molecule has 0 aromatic carbocycles. The summed E-state index contributed by atoms with van der Waals surface area (Å²) in [5.41, 5.74) is 8.22. The number of nitrogens with two attached hydrogens (primary N) is 1. The lowest BCUT2D eigenvalue weighted by Gasteiger charge is -2.01. The second-order valence-electron chi connectivity index (χ2n) is 4.17. The monoisotopic (exact) mass is 235 g/mol. The van der Waals surface area contributed by atoms with Gasteiger partial charge in [0.25, 0.3) is 0 Å². The third kappa shape index (κ3) is 3.18. The molecule has 86 valence electrons. The third-order valence-electron chi connectivity index (χ3n) is 2.46. The lowest BCUT2D eigenvalue weighted by Crippen LogP contribution is -2.17. The predicted molar refractivity (Wildman–Crippen MR) is 67.6 cm³/mol. The summed E-state index contributed by atoms with van der Waals surface area (Å²) in [7, 11) is 0. The number of aryl methyl sites for hydroxylation is 2. The molecule has 2 N–H and O–H groups in total. The van der Waals surface area contributed by atoms with E-state index in [0.29, 0.717) is 0 Å². The Hall–Kier alpha value is -1.13. The molecule has 1 unspecified atom stereocenters. The van der Waals surface area contributed by atoms with Gasteiger partial charge in [-0.05, 0) is 35.7 Å². The average Bonchev–Trinajstić information content (AvgIpc) is 2.84. The molecule has 0 amide bonds. The van der Waals surface area contributed by atoms with Crippen molar-refractivity contribution in [2.24, 2.45) is 5.73 Å². The summed E-state index contributed by atoms with van der Waals surface area (Å²) in [5, 5.41) is 4.31. The molecule has 4 heteroatoms. The molecule has 0 aliphatic rings. The first kappa shape index (κ1) is 11.4. The number of rotatable bonds is 5. The fourth-order valence-corrected chi connectivity index (χ4v) is 2.36. The van der Waals surface area contributed by atoms with E-state index in [1.54, 1.807) is 11.3 Å². The van der Waals surface area contributed by atoms with Crippen molar-refractivity contribution in [2.75, 3.05) is 0 Å². The van der Waals surface area contributed by atoms with Gasteiger partial charge in [0.05, 0.1) is 12.0 Å². The van der Waals surface area contributed by atoms with Crippen LogP contribution in [-0.2, 0) is 19.4 Å². The van der Waals surface area contributed by atoms with Gasteiger partial charge < -0.3 is 10.3 Å². The van der Waals surface area contributed by atoms with Crippen molar-refractivity contribution in [3.05, 3.63) is 40.6 Å². The minimum atomic E-state index is 0.181. The highest BCUT2D eigenvalue weighted by Crippen LogP contribution is 2.08. The topological polar surface area (TPSA) is 43.8 Å². The van der Waals surface area contributed by atoms with Crippen LogP contribution in [0.5, 0.6) is 0 Å². The second-order valence-corrected chi connectivity index (χ2v) is 4.95. The maximum Gasteiger partial charge on any atom is 0.0949 e. The lowest BCUT2D eigenvalue weighted by atomic mass is 10.2. The van der Waals surface area contributed by atoms with E-state index in [2.05, 4.69) is 32.6 Å². The van der Waals surface area contributed by atoms with E-state index in [-0.39, 0.29) is 6.04 Å². The molecule has 2 rings (SSSR count). The quantitative estimate of drug-likeness (QED) is 0.862. The minimum Gasteiger partial charge on any atom is -0.337 e. The molecule has 2 heterocycles. The fourth-order valence-electron chi connectivity index (χ4n) is 1.66. The fraction of sp³-hybridized carbons (Fsp3) is 0.417. The lowest BCUT2D eigenvalue weighted by molar-refractivity contribution is 0.692. The summed E-state index contributed by atoms with van der Waals surface area (Å²) in [6.07, 6.45) is 5.91. The Bertz CT molecular complexity index is 417. The largest absolute Gasteiger partial charge is 0.337 e. The number of hydrogen-bond acceptors (Lipinski definition) is 3. The number of nitrogens with zero attached hydrogens (tertiary/aromatic N) is 2. The molecular formula is C12H17N3S. The van der Waals surface area contributed by atoms with E-state index in [0.717, 1.165) is 25.1 Å². The Kier molecular flexibility index (Phi) is 3.74. The van der Waals surface area contributed by atoms with Gasteiger partial charge >= 0.3 is 0 Å². The van der Waals surface area contributed by atoms with Gasteiger partial charge in [-0.25, -0.2) is 4.98 Å².